The van der Waals surface area contributed by atoms with Crippen molar-refractivity contribution >= 4 is 11.7 Å². The number of nitrogens with zero attached hydrogens (tertiary/aromatic N) is 1. The number of quaternary nitrogens is 1. The van der Waals surface area contributed by atoms with Crippen LogP contribution in [0.15, 0.2) is 24.3 Å². The van der Waals surface area contributed by atoms with Crippen LogP contribution in [0.5, 0.6) is 0 Å². The van der Waals surface area contributed by atoms with Crippen LogP contribution in [0.25, 0.3) is 0 Å². The standard InChI is InChI=1S/C13H17N2O3/c1-3-4-5-11-6-8-12(9-7-11)15(2,17)10-13(16)18-14/h1,6-9,17H,4-5,10,14H2,2H3/q+1. The lowest BCUT2D eigenvalue weighted by Crippen LogP contribution is -2.46. The Bertz CT molecular complexity index is 446. The lowest BCUT2D eigenvalue weighted by atomic mass is 10.1. The molecule has 5 nitrogen and oxygen atoms in total. The highest BCUT2D eigenvalue weighted by Crippen LogP contribution is 2.19. The van der Waals surface area contributed by atoms with E-state index in [1.165, 1.54) is 7.05 Å². The third-order valence-corrected chi connectivity index (χ3v) is 2.62. The van der Waals surface area contributed by atoms with E-state index in [1.54, 1.807) is 12.1 Å². The largest absolute Gasteiger partial charge is 0.383 e. The molecule has 0 saturated heterocycles. The number of hydrogen-bond acceptors (Lipinski definition) is 4. The van der Waals surface area contributed by atoms with Gasteiger partial charge in [0, 0.05) is 18.6 Å². The predicted octanol–water partition coefficient (Wildman–Crippen LogP) is 0.996. The van der Waals surface area contributed by atoms with Crippen LogP contribution in [0.1, 0.15) is 12.0 Å². The van der Waals surface area contributed by atoms with Gasteiger partial charge in [-0.2, -0.15) is 5.90 Å². The fourth-order valence-electron chi connectivity index (χ4n) is 1.58. The Morgan fingerprint density at radius 1 is 1.50 bits per heavy atom. The highest BCUT2D eigenvalue weighted by atomic mass is 16.7. The zero-order chi connectivity index (χ0) is 13.6. The van der Waals surface area contributed by atoms with Crippen molar-refractivity contribution in [1.82, 2.24) is 4.65 Å². The Morgan fingerprint density at radius 3 is 2.61 bits per heavy atom. The van der Waals surface area contributed by atoms with Crippen molar-refractivity contribution < 1.29 is 14.8 Å². The minimum absolute atomic E-state index is 0.250. The Labute approximate surface area is 106 Å². The zero-order valence-electron chi connectivity index (χ0n) is 10.3. The minimum atomic E-state index is -0.684. The second-order valence-electron chi connectivity index (χ2n) is 4.16. The number of nitrogens with two attached hydrogens (primary N) is 1. The van der Waals surface area contributed by atoms with E-state index in [4.69, 9.17) is 12.3 Å². The molecule has 0 amide bonds. The smallest absolute Gasteiger partial charge is 0.369 e. The van der Waals surface area contributed by atoms with Crippen LogP contribution in [0.3, 0.4) is 0 Å². The second kappa shape index (κ2) is 6.17. The molecule has 0 bridgehead atoms. The third kappa shape index (κ3) is 3.86. The van der Waals surface area contributed by atoms with Gasteiger partial charge in [0.2, 0.25) is 6.54 Å². The Morgan fingerprint density at radius 2 is 2.11 bits per heavy atom. The molecule has 96 valence electrons. The highest BCUT2D eigenvalue weighted by molar-refractivity contribution is 5.73. The molecular weight excluding hydrogens is 232 g/mol. The van der Waals surface area contributed by atoms with Gasteiger partial charge >= 0.3 is 5.97 Å². The molecule has 0 aliphatic heterocycles. The number of likely N-dealkylation sites (N-methyl/N-ethyl adjacent to an activating group) is 1. The van der Waals surface area contributed by atoms with Gasteiger partial charge in [-0.15, -0.1) is 17.0 Å². The van der Waals surface area contributed by atoms with Crippen LogP contribution in [0.4, 0.5) is 5.69 Å². The van der Waals surface area contributed by atoms with Gasteiger partial charge in [-0.3, -0.25) is 0 Å². The molecule has 1 rings (SSSR count). The maximum absolute atomic E-state index is 11.1. The van der Waals surface area contributed by atoms with E-state index in [0.29, 0.717) is 12.1 Å². The van der Waals surface area contributed by atoms with Crippen molar-refractivity contribution in [2.24, 2.45) is 5.90 Å². The van der Waals surface area contributed by atoms with Crippen molar-refractivity contribution in [3.8, 4) is 12.3 Å². The van der Waals surface area contributed by atoms with Crippen molar-refractivity contribution in [2.75, 3.05) is 13.6 Å². The van der Waals surface area contributed by atoms with Crippen LogP contribution < -0.4 is 10.5 Å². The summed E-state index contributed by atoms with van der Waals surface area (Å²) in [4.78, 5) is 15.1. The summed E-state index contributed by atoms with van der Waals surface area (Å²) in [6, 6.07) is 7.23. The zero-order valence-corrected chi connectivity index (χ0v) is 10.3. The molecule has 0 radical (unpaired) electrons. The van der Waals surface area contributed by atoms with Gasteiger partial charge in [-0.05, 0) is 12.0 Å². The number of carbonyl (C=O) groups excluding carboxylic acids is 1. The van der Waals surface area contributed by atoms with Crippen LogP contribution in [-0.4, -0.2) is 24.8 Å². The van der Waals surface area contributed by atoms with Crippen LogP contribution in [0, 0.1) is 12.3 Å². The summed E-state index contributed by atoms with van der Waals surface area (Å²) < 4.78 is -0.606. The first kappa shape index (κ1) is 14.2. The van der Waals surface area contributed by atoms with Gasteiger partial charge in [0.1, 0.15) is 7.05 Å². The monoisotopic (exact) mass is 249 g/mol. The van der Waals surface area contributed by atoms with Crippen molar-refractivity contribution in [3.05, 3.63) is 29.8 Å². The molecule has 0 heterocycles. The molecule has 0 aliphatic rings. The lowest BCUT2D eigenvalue weighted by Gasteiger charge is -2.23. The minimum Gasteiger partial charge on any atom is -0.369 e. The van der Waals surface area contributed by atoms with Crippen LogP contribution in [0.2, 0.25) is 0 Å². The number of terminal acetylenes is 1. The van der Waals surface area contributed by atoms with Gasteiger partial charge in [-0.25, -0.2) is 10.0 Å². The number of rotatable bonds is 5. The van der Waals surface area contributed by atoms with E-state index in [0.717, 1.165) is 12.0 Å². The summed E-state index contributed by atoms with van der Waals surface area (Å²) in [6.07, 6.45) is 6.65. The van der Waals surface area contributed by atoms with Gasteiger partial charge in [0.15, 0.2) is 5.69 Å². The van der Waals surface area contributed by atoms with Gasteiger partial charge in [0.05, 0.1) is 0 Å². The average Bonchev–Trinajstić information content (AvgIpc) is 2.36. The quantitative estimate of drug-likeness (QED) is 0.464. The van der Waals surface area contributed by atoms with Crippen molar-refractivity contribution in [3.63, 3.8) is 0 Å². The van der Waals surface area contributed by atoms with Crippen LogP contribution >= 0.6 is 0 Å². The van der Waals surface area contributed by atoms with E-state index >= 15 is 0 Å². The SMILES string of the molecule is C#CCCc1ccc([N+](C)(O)CC(=O)ON)cc1. The van der Waals surface area contributed by atoms with Gasteiger partial charge in [-0.1, -0.05) is 12.1 Å². The lowest BCUT2D eigenvalue weighted by molar-refractivity contribution is -0.154. The number of hydroxylamine groups is 2. The summed E-state index contributed by atoms with van der Waals surface area (Å²) in [5, 5.41) is 10.1. The first-order chi connectivity index (χ1) is 8.49. The molecule has 0 aromatic heterocycles. The molecule has 0 saturated carbocycles. The molecule has 3 N–H and O–H groups in total. The maximum Gasteiger partial charge on any atom is 0.383 e. The number of aryl methyl sites for hydroxylation is 1. The molecule has 5 heteroatoms. The Balaban J connectivity index is 2.77. The fraction of sp³-hybridized carbons (Fsp3) is 0.308. The fourth-order valence-corrected chi connectivity index (χ4v) is 1.58. The molecule has 1 aromatic carbocycles. The first-order valence-electron chi connectivity index (χ1n) is 5.50. The summed E-state index contributed by atoms with van der Waals surface area (Å²) in [7, 11) is 1.48. The topological polar surface area (TPSA) is 72.5 Å². The second-order valence-corrected chi connectivity index (χ2v) is 4.16. The van der Waals surface area contributed by atoms with Crippen molar-refractivity contribution in [1.29, 1.82) is 0 Å². The third-order valence-electron chi connectivity index (χ3n) is 2.62. The summed E-state index contributed by atoms with van der Waals surface area (Å²) in [5.41, 5.74) is 1.66. The van der Waals surface area contributed by atoms with Crippen LogP contribution in [-0.2, 0) is 16.1 Å². The normalized spacial score (nSPS) is 13.4. The number of benzene rings is 1. The van der Waals surface area contributed by atoms with E-state index in [1.807, 2.05) is 12.1 Å². The van der Waals surface area contributed by atoms with Gasteiger partial charge < -0.3 is 4.84 Å². The molecule has 18 heavy (non-hydrogen) atoms. The maximum atomic E-state index is 11.1. The molecule has 1 atom stereocenters. The summed E-state index contributed by atoms with van der Waals surface area (Å²) in [6.45, 7) is -0.250. The Hall–Kier alpha value is -1.87. The molecule has 0 aliphatic carbocycles. The van der Waals surface area contributed by atoms with Crippen molar-refractivity contribution in [2.45, 2.75) is 12.8 Å². The first-order valence-corrected chi connectivity index (χ1v) is 5.50. The van der Waals surface area contributed by atoms with E-state index in [2.05, 4.69) is 10.8 Å². The molecule has 1 aromatic rings. The van der Waals surface area contributed by atoms with E-state index in [9.17, 15) is 10.0 Å². The van der Waals surface area contributed by atoms with E-state index < -0.39 is 10.6 Å². The van der Waals surface area contributed by atoms with E-state index in [-0.39, 0.29) is 6.54 Å². The molecule has 1 unspecified atom stereocenters. The number of carbonyl (C=O) groups is 1. The average molecular weight is 249 g/mol. The predicted molar refractivity (Wildman–Crippen MR) is 68.2 cm³/mol. The summed E-state index contributed by atoms with van der Waals surface area (Å²) >= 11 is 0. The number of hydrogen-bond donors (Lipinski definition) is 2. The molecular formula is C13H17N2O3+. The highest BCUT2D eigenvalue weighted by Gasteiger charge is 2.27. The summed E-state index contributed by atoms with van der Waals surface area (Å²) in [5.74, 6) is 6.63. The molecule has 0 spiro atoms. The Kier molecular flexibility index (Phi) is 4.86. The molecule has 0 fully saturated rings. The van der Waals surface area contributed by atoms with Gasteiger partial charge in [0.25, 0.3) is 0 Å².